The smallest absolute Gasteiger partial charge is 0.119 e. The summed E-state index contributed by atoms with van der Waals surface area (Å²) in [6.45, 7) is 25.8. The fourth-order valence-corrected chi connectivity index (χ4v) is 5.18. The van der Waals surface area contributed by atoms with E-state index in [1.54, 1.807) is 24.3 Å². The number of aromatic hydroxyl groups is 4. The fraction of sp³-hybridized carbons (Fsp3) is 0.429. The van der Waals surface area contributed by atoms with Gasteiger partial charge in [-0.05, 0) is 90.4 Å². The van der Waals surface area contributed by atoms with Crippen LogP contribution in [0.25, 0.3) is 0 Å². The van der Waals surface area contributed by atoms with E-state index in [1.165, 1.54) is 22.3 Å². The standard InChI is InChI=1S/2C21H28O2/c2*1-20(2,3)16-7-9-18(22)14(12-16)11-15-13-17(21(4,5)6)8-10-19(15)23/h2*7-10,12-13,22-23H,11H2,1-6H3. The quantitative estimate of drug-likeness (QED) is 0.182. The summed E-state index contributed by atoms with van der Waals surface area (Å²) in [5.74, 6) is 1.11. The lowest BCUT2D eigenvalue weighted by Crippen LogP contribution is -2.12. The molecule has 0 bridgehead atoms. The van der Waals surface area contributed by atoms with E-state index in [2.05, 4.69) is 83.1 Å². The average molecular weight is 625 g/mol. The van der Waals surface area contributed by atoms with Crippen LogP contribution in [0.3, 0.4) is 0 Å². The molecule has 0 aliphatic rings. The fourth-order valence-electron chi connectivity index (χ4n) is 5.18. The topological polar surface area (TPSA) is 80.9 Å². The molecule has 4 N–H and O–H groups in total. The molecule has 4 rings (SSSR count). The van der Waals surface area contributed by atoms with E-state index in [0.29, 0.717) is 12.8 Å². The molecule has 0 atom stereocenters. The van der Waals surface area contributed by atoms with Gasteiger partial charge in [-0.15, -0.1) is 0 Å². The molecule has 0 fully saturated rings. The number of benzene rings is 4. The summed E-state index contributed by atoms with van der Waals surface area (Å²) < 4.78 is 0. The van der Waals surface area contributed by atoms with Crippen LogP contribution in [0.5, 0.6) is 23.0 Å². The molecule has 46 heavy (non-hydrogen) atoms. The Labute approximate surface area is 277 Å². The molecule has 0 saturated carbocycles. The van der Waals surface area contributed by atoms with Crippen LogP contribution in [0.15, 0.2) is 72.8 Å². The summed E-state index contributed by atoms with van der Waals surface area (Å²) >= 11 is 0. The van der Waals surface area contributed by atoms with Crippen LogP contribution in [0, 0.1) is 0 Å². The third kappa shape index (κ3) is 9.55. The van der Waals surface area contributed by atoms with E-state index in [1.807, 2.05) is 48.5 Å². The first kappa shape index (κ1) is 36.5. The number of hydrogen-bond donors (Lipinski definition) is 4. The minimum Gasteiger partial charge on any atom is -0.508 e. The van der Waals surface area contributed by atoms with E-state index < -0.39 is 0 Å². The van der Waals surface area contributed by atoms with Crippen molar-refractivity contribution in [2.24, 2.45) is 0 Å². The van der Waals surface area contributed by atoms with Gasteiger partial charge in [0.1, 0.15) is 23.0 Å². The molecule has 0 heterocycles. The molecule has 248 valence electrons. The maximum absolute atomic E-state index is 10.2. The molecule has 0 radical (unpaired) electrons. The second kappa shape index (κ2) is 13.4. The first-order valence-electron chi connectivity index (χ1n) is 16.3. The molecule has 0 saturated heterocycles. The Hall–Kier alpha value is -3.92. The number of phenolic OH excluding ortho intramolecular Hbond substituents is 4. The Morgan fingerprint density at radius 1 is 0.326 bits per heavy atom. The minimum absolute atomic E-state index is 0.0255. The summed E-state index contributed by atoms with van der Waals surface area (Å²) in [7, 11) is 0. The monoisotopic (exact) mass is 624 g/mol. The van der Waals surface area contributed by atoms with Gasteiger partial charge in [-0.1, -0.05) is 132 Å². The second-order valence-electron chi connectivity index (χ2n) is 16.7. The lowest BCUT2D eigenvalue weighted by molar-refractivity contribution is 0.460. The summed E-state index contributed by atoms with van der Waals surface area (Å²) in [5.41, 5.74) is 8.20. The first-order chi connectivity index (χ1) is 21.0. The SMILES string of the molecule is CC(C)(C)c1ccc(O)c(Cc2cc(C(C)(C)C)ccc2O)c1.CC(C)(C)c1ccc(O)c(Cc2cc(C(C)(C)C)ccc2O)c1. The highest BCUT2D eigenvalue weighted by molar-refractivity contribution is 5.48. The van der Waals surface area contributed by atoms with Crippen molar-refractivity contribution in [3.05, 3.63) is 117 Å². The third-order valence-corrected chi connectivity index (χ3v) is 8.54. The normalized spacial score (nSPS) is 12.4. The molecular formula is C42H56O4. The van der Waals surface area contributed by atoms with Crippen LogP contribution in [0.2, 0.25) is 0 Å². The van der Waals surface area contributed by atoms with E-state index in [9.17, 15) is 20.4 Å². The van der Waals surface area contributed by atoms with Crippen molar-refractivity contribution in [3.63, 3.8) is 0 Å². The van der Waals surface area contributed by atoms with Gasteiger partial charge in [0.25, 0.3) is 0 Å². The van der Waals surface area contributed by atoms with Crippen molar-refractivity contribution in [1.29, 1.82) is 0 Å². The van der Waals surface area contributed by atoms with Gasteiger partial charge in [-0.25, -0.2) is 0 Å². The highest BCUT2D eigenvalue weighted by Crippen LogP contribution is 2.34. The Morgan fingerprint density at radius 3 is 0.652 bits per heavy atom. The van der Waals surface area contributed by atoms with Crippen molar-refractivity contribution < 1.29 is 20.4 Å². The van der Waals surface area contributed by atoms with Gasteiger partial charge in [0, 0.05) is 12.8 Å². The Morgan fingerprint density at radius 2 is 0.500 bits per heavy atom. The van der Waals surface area contributed by atoms with E-state index in [4.69, 9.17) is 0 Å². The number of rotatable bonds is 4. The zero-order chi connectivity index (χ0) is 34.8. The largest absolute Gasteiger partial charge is 0.508 e. The molecule has 4 aromatic rings. The van der Waals surface area contributed by atoms with Crippen LogP contribution in [-0.2, 0) is 34.5 Å². The third-order valence-electron chi connectivity index (χ3n) is 8.54. The Kier molecular flexibility index (Phi) is 10.7. The van der Waals surface area contributed by atoms with Gasteiger partial charge in [0.15, 0.2) is 0 Å². The molecule has 0 aromatic heterocycles. The van der Waals surface area contributed by atoms with Gasteiger partial charge in [0.05, 0.1) is 0 Å². The number of hydrogen-bond acceptors (Lipinski definition) is 4. The molecule has 4 nitrogen and oxygen atoms in total. The van der Waals surface area contributed by atoms with Crippen LogP contribution < -0.4 is 0 Å². The average Bonchev–Trinajstić information content (AvgIpc) is 2.91. The lowest BCUT2D eigenvalue weighted by atomic mass is 9.84. The minimum atomic E-state index is 0.0255. The molecule has 0 aliphatic carbocycles. The van der Waals surface area contributed by atoms with Gasteiger partial charge in [-0.2, -0.15) is 0 Å². The summed E-state index contributed by atoms with van der Waals surface area (Å²) in [6.07, 6.45) is 1.04. The van der Waals surface area contributed by atoms with Crippen molar-refractivity contribution in [2.75, 3.05) is 0 Å². The van der Waals surface area contributed by atoms with Gasteiger partial charge in [-0.3, -0.25) is 0 Å². The van der Waals surface area contributed by atoms with Crippen molar-refractivity contribution in [3.8, 4) is 23.0 Å². The van der Waals surface area contributed by atoms with Gasteiger partial charge >= 0.3 is 0 Å². The maximum atomic E-state index is 10.2. The molecule has 4 aromatic carbocycles. The summed E-state index contributed by atoms with van der Waals surface area (Å²) in [4.78, 5) is 0. The van der Waals surface area contributed by atoms with Gasteiger partial charge in [0.2, 0.25) is 0 Å². The van der Waals surface area contributed by atoms with E-state index in [-0.39, 0.29) is 44.7 Å². The summed E-state index contributed by atoms with van der Waals surface area (Å²) in [6, 6.07) is 23.0. The molecule has 0 spiro atoms. The van der Waals surface area contributed by atoms with E-state index in [0.717, 1.165) is 22.3 Å². The zero-order valence-electron chi connectivity index (χ0n) is 30.1. The maximum Gasteiger partial charge on any atom is 0.119 e. The molecule has 0 amide bonds. The highest BCUT2D eigenvalue weighted by Gasteiger charge is 2.20. The predicted molar refractivity (Wildman–Crippen MR) is 193 cm³/mol. The molecule has 0 unspecified atom stereocenters. The second-order valence-corrected chi connectivity index (χ2v) is 16.7. The highest BCUT2D eigenvalue weighted by atomic mass is 16.3. The van der Waals surface area contributed by atoms with Crippen LogP contribution in [0.4, 0.5) is 0 Å². The van der Waals surface area contributed by atoms with Crippen molar-refractivity contribution in [2.45, 2.75) is 118 Å². The van der Waals surface area contributed by atoms with Crippen molar-refractivity contribution in [1.82, 2.24) is 0 Å². The predicted octanol–water partition coefficient (Wildman–Crippen LogP) is 10.6. The molecular weight excluding hydrogens is 568 g/mol. The van der Waals surface area contributed by atoms with Crippen LogP contribution in [-0.4, -0.2) is 20.4 Å². The molecule has 0 aliphatic heterocycles. The number of phenols is 4. The van der Waals surface area contributed by atoms with Crippen molar-refractivity contribution >= 4 is 0 Å². The molecule has 4 heteroatoms. The zero-order valence-corrected chi connectivity index (χ0v) is 30.1. The van der Waals surface area contributed by atoms with Gasteiger partial charge < -0.3 is 20.4 Å². The summed E-state index contributed by atoms with van der Waals surface area (Å²) in [5, 5.41) is 40.8. The Balaban J connectivity index is 0.000000250. The Bertz CT molecular complexity index is 1400. The first-order valence-corrected chi connectivity index (χ1v) is 16.3. The van der Waals surface area contributed by atoms with Crippen LogP contribution >= 0.6 is 0 Å². The van der Waals surface area contributed by atoms with E-state index >= 15 is 0 Å². The van der Waals surface area contributed by atoms with Crippen LogP contribution in [0.1, 0.15) is 128 Å². The lowest BCUT2D eigenvalue weighted by Gasteiger charge is -2.22.